The maximum absolute atomic E-state index is 15.9. The van der Waals surface area contributed by atoms with Crippen LogP contribution < -0.4 is 19.8 Å². The first kappa shape index (κ1) is 54.8. The third kappa shape index (κ3) is 12.8. The van der Waals surface area contributed by atoms with Gasteiger partial charge in [-0.25, -0.2) is 22.0 Å². The number of benzene rings is 5. The molecule has 0 saturated carbocycles. The minimum Gasteiger partial charge on any atom is -0.393 e. The number of aromatic nitrogens is 1. The number of nitrogens with one attached hydrogen (secondary N) is 1. The summed E-state index contributed by atoms with van der Waals surface area (Å²) >= 11 is 7.92. The molecule has 8 rings (SSSR count). The molecule has 0 aliphatic carbocycles. The molecule has 15 nitrogen and oxygen atoms in total. The number of piperidine rings is 1. The Balaban J connectivity index is 1.02. The Kier molecular flexibility index (Phi) is 17.5. The van der Waals surface area contributed by atoms with Crippen LogP contribution in [-0.2, 0) is 18.9 Å². The van der Waals surface area contributed by atoms with Crippen molar-refractivity contribution < 1.29 is 36.8 Å². The normalized spacial score (nSPS) is 16.1. The summed E-state index contributed by atoms with van der Waals surface area (Å²) in [6.45, 7) is 11.6. The van der Waals surface area contributed by atoms with Gasteiger partial charge in [-0.05, 0) is 137 Å². The summed E-state index contributed by atoms with van der Waals surface area (Å²) in [6.07, 6.45) is 2.99. The molecule has 1 unspecified atom stereocenters. The van der Waals surface area contributed by atoms with Crippen LogP contribution in [0.1, 0.15) is 51.8 Å². The van der Waals surface area contributed by atoms with Crippen LogP contribution in [0.3, 0.4) is 0 Å². The van der Waals surface area contributed by atoms with Crippen molar-refractivity contribution in [1.29, 1.82) is 0 Å². The molecule has 3 heterocycles. The first-order chi connectivity index (χ1) is 35.3. The van der Waals surface area contributed by atoms with Crippen LogP contribution in [0.5, 0.6) is 0 Å². The van der Waals surface area contributed by atoms with Gasteiger partial charge in [0.15, 0.2) is 9.84 Å². The van der Waals surface area contributed by atoms with Gasteiger partial charge in [0.05, 0.1) is 39.6 Å². The van der Waals surface area contributed by atoms with Gasteiger partial charge >= 0.3 is 7.75 Å². The monoisotopic (exact) mass is 1090 g/mol. The zero-order valence-electron chi connectivity index (χ0n) is 42.2. The van der Waals surface area contributed by atoms with E-state index in [1.54, 1.807) is 62.0 Å². The summed E-state index contributed by atoms with van der Waals surface area (Å²) in [7, 11) is -8.38. The molecule has 2 saturated heterocycles. The van der Waals surface area contributed by atoms with Crippen molar-refractivity contribution in [1.82, 2.24) is 9.47 Å². The van der Waals surface area contributed by atoms with E-state index in [9.17, 15) is 33.1 Å². The predicted octanol–water partition coefficient (Wildman–Crippen LogP) is 11.8. The highest BCUT2D eigenvalue weighted by atomic mass is 35.5. The van der Waals surface area contributed by atoms with Gasteiger partial charge in [0, 0.05) is 109 Å². The smallest absolute Gasteiger partial charge is 0.393 e. The van der Waals surface area contributed by atoms with E-state index in [0.29, 0.717) is 84.4 Å². The number of nitro benzene ring substituents is 1. The number of piperazine rings is 1. The second-order valence-electron chi connectivity index (χ2n) is 19.1. The van der Waals surface area contributed by atoms with Crippen molar-refractivity contribution in [2.45, 2.75) is 74.9 Å². The van der Waals surface area contributed by atoms with Crippen molar-refractivity contribution in [3.05, 3.63) is 142 Å². The third-order valence-electron chi connectivity index (χ3n) is 13.6. The number of aliphatic hydroxyl groups excluding tert-OH is 1. The van der Waals surface area contributed by atoms with Gasteiger partial charge in [-0.1, -0.05) is 41.9 Å². The number of halogens is 2. The third-order valence-corrected chi connectivity index (χ3v) is 17.8. The first-order valence-electron chi connectivity index (χ1n) is 24.8. The second kappa shape index (κ2) is 23.6. The standard InChI is InChI=1S/C54H64ClFN7O8PS2/c1-6-71-72(67,68)62(46-20-21-50(51(35-46)63(65)66)57-43(36-73-49-10-8-7-9-11-49)22-25-58-26-23-48(64)24-27-58)45-18-16-44(17-19-45)59-28-30-60(31-29-59)47-33-40(32-42(56)34-47)52-53(39-12-14-41(55)15-13-39)61(37(2)3)38(4)54(52)74(5,69)70/h7-21,32-35,37,43,48,57,64H,6,22-31,36H2,1-5H3,(H,67,68)/t43-/m1/s1. The van der Waals surface area contributed by atoms with E-state index in [0.717, 1.165) is 40.5 Å². The fraction of sp³-hybridized carbons (Fsp3) is 0.370. The zero-order valence-corrected chi connectivity index (χ0v) is 45.5. The molecule has 3 N–H and O–H groups in total. The van der Waals surface area contributed by atoms with Gasteiger partial charge in [-0.3, -0.25) is 14.6 Å². The van der Waals surface area contributed by atoms with Gasteiger partial charge < -0.3 is 34.6 Å². The second-order valence-corrected chi connectivity index (χ2v) is 24.2. The van der Waals surface area contributed by atoms with E-state index in [1.807, 2.05) is 79.1 Å². The number of anilines is 5. The predicted molar refractivity (Wildman–Crippen MR) is 297 cm³/mol. The Morgan fingerprint density at radius 2 is 1.53 bits per heavy atom. The molecule has 5 aromatic carbocycles. The van der Waals surface area contributed by atoms with Gasteiger partial charge in [0.25, 0.3) is 5.69 Å². The molecular formula is C54H64ClFN7O8PS2. The Morgan fingerprint density at radius 3 is 2.14 bits per heavy atom. The van der Waals surface area contributed by atoms with Gasteiger partial charge in [-0.15, -0.1) is 11.8 Å². The zero-order chi connectivity index (χ0) is 52.9. The summed E-state index contributed by atoms with van der Waals surface area (Å²) in [5, 5.41) is 26.8. The van der Waals surface area contributed by atoms with Gasteiger partial charge in [-0.2, -0.15) is 0 Å². The Morgan fingerprint density at radius 1 is 0.892 bits per heavy atom. The molecule has 0 bridgehead atoms. The molecular weight excluding hydrogens is 1020 g/mol. The molecule has 2 fully saturated rings. The highest BCUT2D eigenvalue weighted by Gasteiger charge is 2.35. The lowest BCUT2D eigenvalue weighted by Gasteiger charge is -2.38. The number of hydrogen-bond donors (Lipinski definition) is 3. The molecule has 74 heavy (non-hydrogen) atoms. The summed E-state index contributed by atoms with van der Waals surface area (Å²) < 4.78 is 65.5. The van der Waals surface area contributed by atoms with E-state index in [1.165, 1.54) is 24.5 Å². The van der Waals surface area contributed by atoms with Crippen molar-refractivity contribution in [2.75, 3.05) is 84.2 Å². The van der Waals surface area contributed by atoms with Crippen molar-refractivity contribution in [3.63, 3.8) is 0 Å². The number of thioether (sulfide) groups is 1. The lowest BCUT2D eigenvalue weighted by molar-refractivity contribution is -0.383. The van der Waals surface area contributed by atoms with Crippen LogP contribution in [0, 0.1) is 22.9 Å². The molecule has 0 spiro atoms. The number of sulfone groups is 1. The van der Waals surface area contributed by atoms with E-state index in [-0.39, 0.29) is 52.4 Å². The lowest BCUT2D eigenvalue weighted by atomic mass is 9.99. The maximum Gasteiger partial charge on any atom is 0.437 e. The number of aliphatic hydroxyl groups is 1. The van der Waals surface area contributed by atoms with E-state index < -0.39 is 28.3 Å². The van der Waals surface area contributed by atoms with Gasteiger partial charge in [0.1, 0.15) is 11.5 Å². The van der Waals surface area contributed by atoms with Gasteiger partial charge in [0.2, 0.25) is 0 Å². The quantitative estimate of drug-likeness (QED) is 0.0285. The molecule has 6 aromatic rings. The number of nitro groups is 1. The molecule has 2 aliphatic heterocycles. The molecule has 1 aromatic heterocycles. The largest absolute Gasteiger partial charge is 0.437 e. The summed E-state index contributed by atoms with van der Waals surface area (Å²) in [5.74, 6) is 0.123. The fourth-order valence-corrected chi connectivity index (χ4v) is 13.7. The van der Waals surface area contributed by atoms with Crippen LogP contribution in [0.15, 0.2) is 125 Å². The minimum absolute atomic E-state index is 0.0926. The highest BCUT2D eigenvalue weighted by molar-refractivity contribution is 7.99. The SMILES string of the molecule is CCOP(=O)(O)N(c1ccc(N2CCN(c3cc(F)cc(-c4c(S(C)(=O)=O)c(C)n(C(C)C)c4-c4ccc(Cl)cc4)c3)CC2)cc1)c1ccc(N[C@H](CCN2CCC(O)CC2)CSc2ccccc2)c([N+](=O)[O-])c1. The number of hydrogen-bond acceptors (Lipinski definition) is 12. The Hall–Kier alpha value is -5.43. The molecule has 2 aliphatic rings. The molecule has 2 atom stereocenters. The molecule has 20 heteroatoms. The average Bonchev–Trinajstić information content (AvgIpc) is 3.70. The van der Waals surface area contributed by atoms with Crippen LogP contribution in [-0.4, -0.2) is 109 Å². The summed E-state index contributed by atoms with van der Waals surface area (Å²) in [6, 6.07) is 33.0. The van der Waals surface area contributed by atoms with Crippen LogP contribution in [0.25, 0.3) is 22.4 Å². The first-order valence-corrected chi connectivity index (χ1v) is 29.6. The van der Waals surface area contributed by atoms with E-state index in [2.05, 4.69) is 20.0 Å². The Bertz CT molecular complexity index is 3080. The number of nitrogens with zero attached hydrogens (tertiary/aromatic N) is 6. The highest BCUT2D eigenvalue weighted by Crippen LogP contribution is 2.55. The minimum atomic E-state index is -4.60. The van der Waals surface area contributed by atoms with E-state index in [4.69, 9.17) is 16.1 Å². The summed E-state index contributed by atoms with van der Waals surface area (Å²) in [4.78, 5) is 31.5. The average molecular weight is 1090 g/mol. The number of rotatable bonds is 20. The summed E-state index contributed by atoms with van der Waals surface area (Å²) in [5.41, 5.74) is 4.65. The van der Waals surface area contributed by atoms with Crippen molar-refractivity contribution in [3.8, 4) is 22.4 Å². The molecule has 0 radical (unpaired) electrons. The fourth-order valence-electron chi connectivity index (χ4n) is 10.1. The van der Waals surface area contributed by atoms with Crippen LogP contribution >= 0.6 is 31.1 Å². The Labute approximate surface area is 442 Å². The topological polar surface area (TPSA) is 174 Å². The van der Waals surface area contributed by atoms with Crippen LogP contribution in [0.4, 0.5) is 38.5 Å². The maximum atomic E-state index is 15.9. The lowest BCUT2D eigenvalue weighted by Crippen LogP contribution is -2.46. The van der Waals surface area contributed by atoms with Crippen molar-refractivity contribution >= 4 is 75.1 Å². The molecule has 0 amide bonds. The van der Waals surface area contributed by atoms with Crippen LogP contribution in [0.2, 0.25) is 5.02 Å². The van der Waals surface area contributed by atoms with Crippen molar-refractivity contribution in [2.24, 2.45) is 0 Å². The molecule has 394 valence electrons. The van der Waals surface area contributed by atoms with E-state index >= 15 is 4.39 Å². The number of likely N-dealkylation sites (tertiary alicyclic amines) is 1.